The van der Waals surface area contributed by atoms with Gasteiger partial charge in [0.2, 0.25) is 0 Å². The first-order chi connectivity index (χ1) is 17.0. The Kier molecular flexibility index (Phi) is 8.54. The Balaban J connectivity index is 0.00000304. The molecule has 2 aromatic carbocycles. The summed E-state index contributed by atoms with van der Waals surface area (Å²) in [5.74, 6) is 0.802. The summed E-state index contributed by atoms with van der Waals surface area (Å²) in [6, 6.07) is 14.8. The van der Waals surface area contributed by atoms with Crippen LogP contribution in [0.25, 0.3) is 0 Å². The maximum absolute atomic E-state index is 13.4. The van der Waals surface area contributed by atoms with Crippen molar-refractivity contribution in [3.63, 3.8) is 0 Å². The molecule has 36 heavy (non-hydrogen) atoms. The van der Waals surface area contributed by atoms with Crippen LogP contribution in [0.15, 0.2) is 42.5 Å². The molecule has 3 aliphatic rings. The highest BCUT2D eigenvalue weighted by molar-refractivity contribution is 6.00. The van der Waals surface area contributed by atoms with Crippen LogP contribution in [0, 0.1) is 0 Å². The highest BCUT2D eigenvalue weighted by Crippen LogP contribution is 2.30. The van der Waals surface area contributed by atoms with Gasteiger partial charge in [-0.25, -0.2) is 0 Å². The Morgan fingerprint density at radius 3 is 2.72 bits per heavy atom. The maximum atomic E-state index is 13.4. The number of amides is 1. The number of anilines is 1. The molecule has 5 rings (SSSR count). The van der Waals surface area contributed by atoms with E-state index in [0.717, 1.165) is 56.9 Å². The normalized spacial score (nSPS) is 23.2. The Morgan fingerprint density at radius 1 is 1.11 bits per heavy atom. The van der Waals surface area contributed by atoms with E-state index in [0.29, 0.717) is 31.2 Å². The molecule has 3 heterocycles. The minimum atomic E-state index is -0.583. The monoisotopic (exact) mass is 494 g/mol. The summed E-state index contributed by atoms with van der Waals surface area (Å²) < 4.78 is 6.28. The van der Waals surface area contributed by atoms with Gasteiger partial charge in [-0.1, -0.05) is 31.7 Å². The number of benzene rings is 2. The molecular formula is C29H42N4O3. The molecule has 0 saturated carbocycles. The zero-order valence-electron chi connectivity index (χ0n) is 20.9. The van der Waals surface area contributed by atoms with Gasteiger partial charge in [0.25, 0.3) is 5.91 Å². The van der Waals surface area contributed by atoms with Gasteiger partial charge < -0.3 is 25.0 Å². The van der Waals surface area contributed by atoms with E-state index in [1.165, 1.54) is 11.1 Å². The lowest BCUT2D eigenvalue weighted by molar-refractivity contribution is 0.0521. The molecule has 0 spiro atoms. The smallest absolute Gasteiger partial charge is 0.256 e. The van der Waals surface area contributed by atoms with E-state index in [1.807, 2.05) is 25.2 Å². The summed E-state index contributed by atoms with van der Waals surface area (Å²) in [6.07, 6.45) is 2.60. The lowest BCUT2D eigenvalue weighted by Gasteiger charge is -2.32. The van der Waals surface area contributed by atoms with Crippen molar-refractivity contribution in [2.45, 2.75) is 58.4 Å². The quantitative estimate of drug-likeness (QED) is 0.643. The molecule has 1 fully saturated rings. The molecule has 3 atom stereocenters. The lowest BCUT2D eigenvalue weighted by Crippen LogP contribution is -2.44. The number of rotatable bonds is 6. The van der Waals surface area contributed by atoms with Gasteiger partial charge in [0.1, 0.15) is 11.9 Å². The molecule has 196 valence electrons. The van der Waals surface area contributed by atoms with Gasteiger partial charge in [0, 0.05) is 58.4 Å². The number of ether oxygens (including phenoxy) is 1. The van der Waals surface area contributed by atoms with Crippen LogP contribution in [0.4, 0.5) is 5.69 Å². The van der Waals surface area contributed by atoms with E-state index in [9.17, 15) is 9.90 Å². The molecule has 2 aromatic rings. The summed E-state index contributed by atoms with van der Waals surface area (Å²) in [5, 5.41) is 14.4. The largest absolute Gasteiger partial charge is 0.490 e. The van der Waals surface area contributed by atoms with E-state index < -0.39 is 6.10 Å². The molecule has 0 bridgehead atoms. The van der Waals surface area contributed by atoms with Gasteiger partial charge in [0.15, 0.2) is 0 Å². The van der Waals surface area contributed by atoms with Crippen LogP contribution >= 0.6 is 0 Å². The van der Waals surface area contributed by atoms with Crippen molar-refractivity contribution in [3.8, 4) is 5.75 Å². The average Bonchev–Trinajstić information content (AvgIpc) is 2.96. The van der Waals surface area contributed by atoms with Crippen LogP contribution < -0.4 is 15.0 Å². The van der Waals surface area contributed by atoms with Crippen molar-refractivity contribution >= 4 is 11.6 Å². The fraction of sp³-hybridized carbons (Fsp3) is 0.552. The number of piperidine rings is 1. The van der Waals surface area contributed by atoms with E-state index in [2.05, 4.69) is 46.3 Å². The lowest BCUT2D eigenvalue weighted by atomic mass is 10.00. The molecule has 0 aromatic heterocycles. The van der Waals surface area contributed by atoms with Gasteiger partial charge in [0.05, 0.1) is 17.4 Å². The number of nitrogens with zero attached hydrogens (tertiary/aromatic N) is 3. The van der Waals surface area contributed by atoms with Crippen molar-refractivity contribution in [1.29, 1.82) is 0 Å². The van der Waals surface area contributed by atoms with E-state index in [4.69, 9.17) is 4.74 Å². The maximum Gasteiger partial charge on any atom is 0.256 e. The molecule has 7 heteroatoms. The third kappa shape index (κ3) is 6.02. The van der Waals surface area contributed by atoms with Crippen molar-refractivity contribution in [2.75, 3.05) is 51.2 Å². The van der Waals surface area contributed by atoms with Crippen LogP contribution in [0.1, 0.15) is 48.7 Å². The minimum absolute atomic E-state index is 0. The minimum Gasteiger partial charge on any atom is -0.490 e. The van der Waals surface area contributed by atoms with Crippen molar-refractivity contribution < 1.29 is 14.6 Å². The summed E-state index contributed by atoms with van der Waals surface area (Å²) in [4.78, 5) is 19.7. The van der Waals surface area contributed by atoms with Gasteiger partial charge >= 0.3 is 0 Å². The number of likely N-dealkylation sites (N-methyl/N-ethyl adjacent to an activating group) is 1. The number of nitrogens with one attached hydrogen (secondary N) is 1. The first-order valence-electron chi connectivity index (χ1n) is 13.0. The van der Waals surface area contributed by atoms with Crippen molar-refractivity contribution in [3.05, 3.63) is 59.2 Å². The van der Waals surface area contributed by atoms with Gasteiger partial charge in [-0.3, -0.25) is 9.69 Å². The fourth-order valence-corrected chi connectivity index (χ4v) is 5.62. The SMILES string of the molecule is C.CC1CC(Oc2ccc3c(c2)N(C)CCN(C[C@H](O)CN2CCc4ccccc4C2)C3=O)CCN1. The standard InChI is InChI=1S/C28H38N4O3.CH4/c1-20-15-25(9-11-29-20)35-24-7-8-26-27(16-24)30(2)13-14-32(28(26)34)19-23(33)18-31-12-10-21-5-3-4-6-22(21)17-31;/h3-8,16,20,23,25,29,33H,9-15,17-19H2,1-2H3;1H4/t20?,23-,25?;/m1./s1. The molecule has 7 nitrogen and oxygen atoms in total. The average molecular weight is 495 g/mol. The number of carbonyl (C=O) groups is 1. The number of carbonyl (C=O) groups excluding carboxylic acids is 1. The first-order valence-corrected chi connectivity index (χ1v) is 13.0. The Hall–Kier alpha value is -2.61. The summed E-state index contributed by atoms with van der Waals surface area (Å²) in [5.41, 5.74) is 4.32. The van der Waals surface area contributed by atoms with Crippen LogP contribution in [-0.2, 0) is 13.0 Å². The van der Waals surface area contributed by atoms with Crippen LogP contribution in [0.2, 0.25) is 0 Å². The number of β-amino-alcohol motifs (C(OH)–C–C–N with tert-alkyl or cyclic N) is 1. The second-order valence-corrected chi connectivity index (χ2v) is 10.4. The summed E-state index contributed by atoms with van der Waals surface area (Å²) in [6.45, 7) is 7.17. The number of hydrogen-bond acceptors (Lipinski definition) is 6. The van der Waals surface area contributed by atoms with Gasteiger partial charge in [-0.05, 0) is 56.0 Å². The fourth-order valence-electron chi connectivity index (χ4n) is 5.62. The number of hydrogen-bond donors (Lipinski definition) is 2. The third-order valence-electron chi connectivity index (χ3n) is 7.59. The molecule has 0 radical (unpaired) electrons. The molecule has 1 amide bonds. The molecule has 3 aliphatic heterocycles. The second kappa shape index (κ2) is 11.6. The summed E-state index contributed by atoms with van der Waals surface area (Å²) in [7, 11) is 2.02. The predicted octanol–water partition coefficient (Wildman–Crippen LogP) is 3.15. The first kappa shape index (κ1) is 26.5. The zero-order chi connectivity index (χ0) is 24.4. The van der Waals surface area contributed by atoms with E-state index in [-0.39, 0.29) is 19.4 Å². The Bertz CT molecular complexity index is 1040. The third-order valence-corrected chi connectivity index (χ3v) is 7.59. The second-order valence-electron chi connectivity index (χ2n) is 10.4. The van der Waals surface area contributed by atoms with E-state index >= 15 is 0 Å². The highest BCUT2D eigenvalue weighted by atomic mass is 16.5. The van der Waals surface area contributed by atoms with Crippen LogP contribution in [-0.4, -0.2) is 85.4 Å². The van der Waals surface area contributed by atoms with Gasteiger partial charge in [-0.15, -0.1) is 0 Å². The van der Waals surface area contributed by atoms with Crippen LogP contribution in [0.3, 0.4) is 0 Å². The molecule has 0 aliphatic carbocycles. The van der Waals surface area contributed by atoms with Gasteiger partial charge in [-0.2, -0.15) is 0 Å². The Labute approximate surface area is 216 Å². The predicted molar refractivity (Wildman–Crippen MR) is 145 cm³/mol. The molecule has 2 N–H and O–H groups in total. The van der Waals surface area contributed by atoms with Crippen molar-refractivity contribution in [2.24, 2.45) is 0 Å². The Morgan fingerprint density at radius 2 is 1.92 bits per heavy atom. The number of aliphatic hydroxyl groups excluding tert-OH is 1. The van der Waals surface area contributed by atoms with E-state index in [1.54, 1.807) is 4.90 Å². The molecular weight excluding hydrogens is 452 g/mol. The number of fused-ring (bicyclic) bond motifs is 2. The van der Waals surface area contributed by atoms with Crippen LogP contribution in [0.5, 0.6) is 5.75 Å². The summed E-state index contributed by atoms with van der Waals surface area (Å²) >= 11 is 0. The van der Waals surface area contributed by atoms with Crippen molar-refractivity contribution in [1.82, 2.24) is 15.1 Å². The number of aliphatic hydroxyl groups is 1. The highest BCUT2D eigenvalue weighted by Gasteiger charge is 2.28. The zero-order valence-corrected chi connectivity index (χ0v) is 20.9. The topological polar surface area (TPSA) is 68.3 Å². The molecule has 1 saturated heterocycles. The molecule has 2 unspecified atom stereocenters.